The highest BCUT2D eigenvalue weighted by atomic mass is 32.1. The summed E-state index contributed by atoms with van der Waals surface area (Å²) in [6.07, 6.45) is 1.20. The Hall–Kier alpha value is 0.350. The van der Waals surface area contributed by atoms with E-state index in [0.717, 1.165) is 0 Å². The predicted octanol–water partition coefficient (Wildman–Crippen LogP) is 5.18. The van der Waals surface area contributed by atoms with E-state index in [1.54, 1.807) is 0 Å². The molecule has 0 radical (unpaired) electrons. The Bertz CT molecular complexity index is 216. The van der Waals surface area contributed by atoms with Crippen LogP contribution in [0.1, 0.15) is 68.7 Å². The summed E-state index contributed by atoms with van der Waals surface area (Å²) in [4.78, 5) is 0. The smallest absolute Gasteiger partial charge is 0.0129 e. The maximum absolute atomic E-state index is 4.80. The lowest BCUT2D eigenvalue weighted by atomic mass is 9.50. The Morgan fingerprint density at radius 3 is 1.27 bits per heavy atom. The molecule has 0 spiro atoms. The van der Waals surface area contributed by atoms with Gasteiger partial charge in [-0.05, 0) is 16.2 Å². The van der Waals surface area contributed by atoms with Crippen LogP contribution >= 0.6 is 12.6 Å². The molecule has 0 saturated heterocycles. The highest BCUT2D eigenvalue weighted by Crippen LogP contribution is 2.58. The van der Waals surface area contributed by atoms with E-state index in [4.69, 9.17) is 12.6 Å². The molecule has 0 aromatic heterocycles. The first-order valence-corrected chi connectivity index (χ1v) is 6.48. The third-order valence-corrected chi connectivity index (χ3v) is 6.23. The van der Waals surface area contributed by atoms with E-state index in [1.165, 1.54) is 6.42 Å². The van der Waals surface area contributed by atoms with Gasteiger partial charge in [0.15, 0.2) is 0 Å². The van der Waals surface area contributed by atoms with Crippen molar-refractivity contribution in [2.45, 2.75) is 73.5 Å². The fraction of sp³-hybridized carbons (Fsp3) is 1.00. The number of rotatable bonds is 4. The summed E-state index contributed by atoms with van der Waals surface area (Å²) < 4.78 is 0.0307. The summed E-state index contributed by atoms with van der Waals surface area (Å²) in [5.74, 6) is 0. The van der Waals surface area contributed by atoms with E-state index in [2.05, 4.69) is 62.3 Å². The molecule has 0 aliphatic rings. The van der Waals surface area contributed by atoms with Gasteiger partial charge in [0.25, 0.3) is 0 Å². The lowest BCUT2D eigenvalue weighted by Crippen LogP contribution is -2.52. The maximum atomic E-state index is 4.80. The molecule has 0 aliphatic heterocycles. The average Bonchev–Trinajstić information content (AvgIpc) is 2.01. The van der Waals surface area contributed by atoms with Crippen molar-refractivity contribution in [3.05, 3.63) is 0 Å². The van der Waals surface area contributed by atoms with Gasteiger partial charge in [-0.2, -0.15) is 12.6 Å². The summed E-state index contributed by atoms with van der Waals surface area (Å²) in [7, 11) is 0. The van der Waals surface area contributed by atoms with Gasteiger partial charge in [-0.25, -0.2) is 0 Å². The van der Waals surface area contributed by atoms with Gasteiger partial charge < -0.3 is 0 Å². The standard InChI is InChI=1S/C14H30S/c1-10-11(2,3)12(4,5)13(6,7)14(8,9)15/h15H,10H2,1-9H3. The van der Waals surface area contributed by atoms with Gasteiger partial charge in [-0.1, -0.05) is 68.7 Å². The molecule has 0 rings (SSSR count). The van der Waals surface area contributed by atoms with E-state index >= 15 is 0 Å². The summed E-state index contributed by atoms with van der Waals surface area (Å²) in [6.45, 7) is 20.9. The zero-order chi connectivity index (χ0) is 12.7. The zero-order valence-electron chi connectivity index (χ0n) is 12.2. The summed E-state index contributed by atoms with van der Waals surface area (Å²) in [5.41, 5.74) is 0.763. The zero-order valence-corrected chi connectivity index (χ0v) is 13.0. The van der Waals surface area contributed by atoms with Gasteiger partial charge in [0.05, 0.1) is 0 Å². The Balaban J connectivity index is 5.38. The van der Waals surface area contributed by atoms with Gasteiger partial charge >= 0.3 is 0 Å². The van der Waals surface area contributed by atoms with Crippen molar-refractivity contribution in [1.29, 1.82) is 0 Å². The first kappa shape index (κ1) is 15.3. The molecular formula is C14H30S. The molecule has 0 heterocycles. The normalized spacial score (nSPS) is 15.6. The molecule has 0 saturated carbocycles. The molecule has 92 valence electrons. The Morgan fingerprint density at radius 1 is 0.733 bits per heavy atom. The van der Waals surface area contributed by atoms with Gasteiger partial charge in [0.2, 0.25) is 0 Å². The van der Waals surface area contributed by atoms with Crippen LogP contribution in [-0.4, -0.2) is 4.75 Å². The maximum Gasteiger partial charge on any atom is 0.0129 e. The van der Waals surface area contributed by atoms with Crippen molar-refractivity contribution < 1.29 is 0 Å². The molecule has 0 aromatic rings. The van der Waals surface area contributed by atoms with E-state index in [0.29, 0.717) is 5.41 Å². The topological polar surface area (TPSA) is 0 Å². The van der Waals surface area contributed by atoms with Gasteiger partial charge in [-0.15, -0.1) is 0 Å². The lowest BCUT2D eigenvalue weighted by Gasteiger charge is -2.57. The van der Waals surface area contributed by atoms with E-state index in [1.807, 2.05) is 0 Å². The van der Waals surface area contributed by atoms with Crippen LogP contribution in [0.15, 0.2) is 0 Å². The molecule has 0 bridgehead atoms. The molecular weight excluding hydrogens is 200 g/mol. The van der Waals surface area contributed by atoms with Gasteiger partial charge in [0, 0.05) is 4.75 Å². The van der Waals surface area contributed by atoms with Crippen LogP contribution in [0.25, 0.3) is 0 Å². The highest BCUT2D eigenvalue weighted by Gasteiger charge is 2.52. The fourth-order valence-electron chi connectivity index (χ4n) is 2.05. The number of hydrogen-bond donors (Lipinski definition) is 1. The minimum absolute atomic E-state index is 0.0307. The SMILES string of the molecule is CCC(C)(C)C(C)(C)C(C)(C)C(C)(C)S. The Labute approximate surface area is 103 Å². The first-order chi connectivity index (χ1) is 6.31. The quantitative estimate of drug-likeness (QED) is 0.632. The molecule has 15 heavy (non-hydrogen) atoms. The minimum atomic E-state index is 0.0307. The van der Waals surface area contributed by atoms with Crippen molar-refractivity contribution in [2.75, 3.05) is 0 Å². The fourth-order valence-corrected chi connectivity index (χ4v) is 2.33. The van der Waals surface area contributed by atoms with E-state index < -0.39 is 0 Å². The molecule has 0 amide bonds. The molecule has 0 unspecified atom stereocenters. The van der Waals surface area contributed by atoms with Crippen molar-refractivity contribution >= 4 is 12.6 Å². The third kappa shape index (κ3) is 2.38. The monoisotopic (exact) mass is 230 g/mol. The first-order valence-electron chi connectivity index (χ1n) is 6.03. The van der Waals surface area contributed by atoms with Crippen molar-refractivity contribution in [2.24, 2.45) is 16.2 Å². The second-order valence-corrected chi connectivity index (χ2v) is 8.16. The second-order valence-electron chi connectivity index (χ2n) is 7.05. The average molecular weight is 230 g/mol. The number of hydrogen-bond acceptors (Lipinski definition) is 1. The Morgan fingerprint density at radius 2 is 1.07 bits per heavy atom. The predicted molar refractivity (Wildman–Crippen MR) is 74.7 cm³/mol. The molecule has 0 atom stereocenters. The van der Waals surface area contributed by atoms with Crippen LogP contribution in [0.3, 0.4) is 0 Å². The van der Waals surface area contributed by atoms with Crippen molar-refractivity contribution in [1.82, 2.24) is 0 Å². The highest BCUT2D eigenvalue weighted by molar-refractivity contribution is 7.81. The molecule has 0 N–H and O–H groups in total. The molecule has 0 aliphatic carbocycles. The molecule has 0 fully saturated rings. The van der Waals surface area contributed by atoms with Crippen LogP contribution in [0.2, 0.25) is 0 Å². The van der Waals surface area contributed by atoms with E-state index in [-0.39, 0.29) is 15.6 Å². The Kier molecular flexibility index (Phi) is 4.07. The summed E-state index contributed by atoms with van der Waals surface area (Å²) >= 11 is 4.80. The molecule has 0 aromatic carbocycles. The van der Waals surface area contributed by atoms with E-state index in [9.17, 15) is 0 Å². The largest absolute Gasteiger partial charge is 0.172 e. The van der Waals surface area contributed by atoms with Gasteiger partial charge in [0.1, 0.15) is 0 Å². The second kappa shape index (κ2) is 3.98. The van der Waals surface area contributed by atoms with Crippen LogP contribution in [0, 0.1) is 16.2 Å². The van der Waals surface area contributed by atoms with Crippen molar-refractivity contribution in [3.8, 4) is 0 Å². The third-order valence-electron chi connectivity index (χ3n) is 5.67. The number of thiol groups is 1. The lowest BCUT2D eigenvalue weighted by molar-refractivity contribution is -0.0396. The molecule has 1 heteroatoms. The van der Waals surface area contributed by atoms with Crippen LogP contribution in [0.5, 0.6) is 0 Å². The summed E-state index contributed by atoms with van der Waals surface area (Å²) in [6, 6.07) is 0. The minimum Gasteiger partial charge on any atom is -0.172 e. The van der Waals surface area contributed by atoms with Crippen LogP contribution in [0.4, 0.5) is 0 Å². The summed E-state index contributed by atoms with van der Waals surface area (Å²) in [5, 5.41) is 0. The van der Waals surface area contributed by atoms with Crippen LogP contribution in [-0.2, 0) is 0 Å². The van der Waals surface area contributed by atoms with Crippen molar-refractivity contribution in [3.63, 3.8) is 0 Å². The van der Waals surface area contributed by atoms with Gasteiger partial charge in [-0.3, -0.25) is 0 Å². The van der Waals surface area contributed by atoms with Crippen LogP contribution < -0.4 is 0 Å². The molecule has 0 nitrogen and oxygen atoms in total.